The summed E-state index contributed by atoms with van der Waals surface area (Å²) in [4.78, 5) is 10.6. The molecule has 0 saturated heterocycles. The summed E-state index contributed by atoms with van der Waals surface area (Å²) < 4.78 is 7.03. The minimum atomic E-state index is 0.820. The molecular weight excluding hydrogens is 719 g/mol. The van der Waals surface area contributed by atoms with Crippen LogP contribution in [0.1, 0.15) is 0 Å². The maximum Gasteiger partial charge on any atom is 0.221 e. The molecule has 4 heterocycles. The number of rotatable bonds is 4. The molecule has 9 aromatic carbocycles. The Morgan fingerprint density at radius 1 is 0.322 bits per heavy atom. The van der Waals surface area contributed by atoms with Gasteiger partial charge in [0.15, 0.2) is 0 Å². The van der Waals surface area contributed by atoms with Gasteiger partial charge in [0.05, 0.1) is 38.6 Å². The molecule has 0 aliphatic carbocycles. The van der Waals surface area contributed by atoms with Crippen LogP contribution >= 0.6 is 0 Å². The van der Waals surface area contributed by atoms with Gasteiger partial charge in [-0.25, -0.2) is 9.97 Å². The van der Waals surface area contributed by atoms with Crippen molar-refractivity contribution in [2.24, 2.45) is 0 Å². The van der Waals surface area contributed by atoms with Crippen molar-refractivity contribution in [3.63, 3.8) is 0 Å². The van der Waals surface area contributed by atoms with Gasteiger partial charge < -0.3 is 4.57 Å². The van der Waals surface area contributed by atoms with E-state index in [1.165, 1.54) is 65.6 Å². The summed E-state index contributed by atoms with van der Waals surface area (Å²) >= 11 is 0. The predicted octanol–water partition coefficient (Wildman–Crippen LogP) is 13.7. The summed E-state index contributed by atoms with van der Waals surface area (Å²) in [6.45, 7) is 0. The third-order valence-electron chi connectivity index (χ3n) is 12.2. The summed E-state index contributed by atoms with van der Waals surface area (Å²) in [5.74, 6) is 0.820. The Hall–Kier alpha value is -8.02. The van der Waals surface area contributed by atoms with E-state index in [0.717, 1.165) is 50.3 Å². The van der Waals surface area contributed by atoms with Gasteiger partial charge in [0.2, 0.25) is 5.95 Å². The highest BCUT2D eigenvalue weighted by atomic mass is 15.2. The smallest absolute Gasteiger partial charge is 0.221 e. The summed E-state index contributed by atoms with van der Waals surface area (Å²) in [7, 11) is 0. The Kier molecular flexibility index (Phi) is 6.66. The average Bonchev–Trinajstić information content (AvgIpc) is 3.97. The van der Waals surface area contributed by atoms with Crippen LogP contribution in [-0.4, -0.2) is 23.5 Å². The van der Waals surface area contributed by atoms with Crippen LogP contribution in [0.15, 0.2) is 200 Å². The SMILES string of the molecule is c1ccc(-c2ccc(-n3c4ccccc4c4ccc(-c5cc6c7ccccc7n(-c7nc8ccccc8c8nc9ccccc9n78)c6c6ccccc56)cc43)cc2)cc1. The molecule has 4 aromatic heterocycles. The van der Waals surface area contributed by atoms with Crippen molar-refractivity contribution in [2.75, 3.05) is 0 Å². The molecule has 13 rings (SSSR count). The number of hydrogen-bond acceptors (Lipinski definition) is 2. The minimum Gasteiger partial charge on any atom is -0.309 e. The van der Waals surface area contributed by atoms with Crippen molar-refractivity contribution >= 4 is 82.0 Å². The van der Waals surface area contributed by atoms with E-state index in [-0.39, 0.29) is 0 Å². The Balaban J connectivity index is 1.09. The van der Waals surface area contributed by atoms with Crippen molar-refractivity contribution in [2.45, 2.75) is 0 Å². The van der Waals surface area contributed by atoms with Gasteiger partial charge in [0, 0.05) is 38.0 Å². The molecule has 0 amide bonds. The molecule has 0 saturated carbocycles. The first-order valence-corrected chi connectivity index (χ1v) is 20.1. The van der Waals surface area contributed by atoms with Crippen molar-refractivity contribution in [1.82, 2.24) is 23.5 Å². The molecular formula is C54H33N5. The lowest BCUT2D eigenvalue weighted by atomic mass is 9.94. The highest BCUT2D eigenvalue weighted by Crippen LogP contribution is 2.43. The van der Waals surface area contributed by atoms with Gasteiger partial charge in [-0.1, -0.05) is 140 Å². The van der Waals surface area contributed by atoms with Crippen LogP contribution in [0.3, 0.4) is 0 Å². The Morgan fingerprint density at radius 2 is 0.881 bits per heavy atom. The highest BCUT2D eigenvalue weighted by molar-refractivity contribution is 6.22. The van der Waals surface area contributed by atoms with Gasteiger partial charge >= 0.3 is 0 Å². The number of benzene rings is 9. The molecule has 0 spiro atoms. The average molecular weight is 752 g/mol. The second kappa shape index (κ2) is 12.2. The van der Waals surface area contributed by atoms with Gasteiger partial charge in [-0.15, -0.1) is 0 Å². The first-order chi connectivity index (χ1) is 29.3. The molecule has 0 aliphatic rings. The molecule has 0 aliphatic heterocycles. The van der Waals surface area contributed by atoms with Crippen molar-refractivity contribution in [1.29, 1.82) is 0 Å². The maximum absolute atomic E-state index is 5.45. The number of imidazole rings is 1. The van der Waals surface area contributed by atoms with Crippen LogP contribution in [0.25, 0.3) is 116 Å². The van der Waals surface area contributed by atoms with E-state index in [1.54, 1.807) is 0 Å². The fraction of sp³-hybridized carbons (Fsp3) is 0. The van der Waals surface area contributed by atoms with Gasteiger partial charge in [-0.2, -0.15) is 0 Å². The van der Waals surface area contributed by atoms with Gasteiger partial charge in [0.25, 0.3) is 0 Å². The number of nitrogens with zero attached hydrogens (tertiary/aromatic N) is 5. The molecule has 0 bridgehead atoms. The molecule has 274 valence electrons. The Bertz CT molecular complexity index is 3830. The van der Waals surface area contributed by atoms with Crippen LogP contribution in [0.5, 0.6) is 0 Å². The molecule has 0 radical (unpaired) electrons. The first-order valence-electron chi connectivity index (χ1n) is 20.1. The van der Waals surface area contributed by atoms with Crippen LogP contribution in [0.4, 0.5) is 0 Å². The third kappa shape index (κ3) is 4.61. The molecule has 0 fully saturated rings. The lowest BCUT2D eigenvalue weighted by molar-refractivity contribution is 0.982. The van der Waals surface area contributed by atoms with E-state index in [0.29, 0.717) is 0 Å². The van der Waals surface area contributed by atoms with E-state index in [1.807, 2.05) is 0 Å². The van der Waals surface area contributed by atoms with Crippen molar-refractivity contribution in [3.05, 3.63) is 200 Å². The zero-order chi connectivity index (χ0) is 38.6. The van der Waals surface area contributed by atoms with E-state index >= 15 is 0 Å². The Morgan fingerprint density at radius 3 is 1.66 bits per heavy atom. The second-order valence-corrected chi connectivity index (χ2v) is 15.4. The van der Waals surface area contributed by atoms with Crippen LogP contribution in [0.2, 0.25) is 0 Å². The molecule has 0 unspecified atom stereocenters. The lowest BCUT2D eigenvalue weighted by Gasteiger charge is -2.15. The monoisotopic (exact) mass is 751 g/mol. The van der Waals surface area contributed by atoms with Crippen molar-refractivity contribution in [3.8, 4) is 33.9 Å². The van der Waals surface area contributed by atoms with Gasteiger partial charge in [-0.05, 0) is 88.3 Å². The summed E-state index contributed by atoms with van der Waals surface area (Å²) in [5.41, 5.74) is 14.3. The van der Waals surface area contributed by atoms with Crippen LogP contribution in [0, 0.1) is 0 Å². The summed E-state index contributed by atoms with van der Waals surface area (Å²) in [6, 6.07) is 72.0. The van der Waals surface area contributed by atoms with Gasteiger partial charge in [-0.3, -0.25) is 8.97 Å². The standard InChI is InChI=1S/C54H33N5/c1-2-14-34(15-3-1)35-26-29-37(30-27-35)57-48-23-11-7-17-39(48)41-31-28-36(32-51(41)57)44-33-45-40-18-8-12-24-49(40)58(52(45)42-19-5-4-16-38(42)44)54-56-46-21-9-6-20-43(46)53-55-47-22-10-13-25-50(47)59(53)54/h1-33H. The molecule has 13 aromatic rings. The summed E-state index contributed by atoms with van der Waals surface area (Å²) in [6.07, 6.45) is 0. The molecule has 0 N–H and O–H groups in total. The topological polar surface area (TPSA) is 40.0 Å². The molecule has 5 heteroatoms. The lowest BCUT2D eigenvalue weighted by Crippen LogP contribution is -2.06. The number of aromatic nitrogens is 5. The van der Waals surface area contributed by atoms with Crippen molar-refractivity contribution < 1.29 is 0 Å². The fourth-order valence-corrected chi connectivity index (χ4v) is 9.60. The van der Waals surface area contributed by atoms with Crippen LogP contribution in [-0.2, 0) is 0 Å². The largest absolute Gasteiger partial charge is 0.309 e. The van der Waals surface area contributed by atoms with E-state index in [9.17, 15) is 0 Å². The van der Waals surface area contributed by atoms with E-state index in [4.69, 9.17) is 9.97 Å². The summed E-state index contributed by atoms with van der Waals surface area (Å²) in [5, 5.41) is 8.21. The molecule has 5 nitrogen and oxygen atoms in total. The first kappa shape index (κ1) is 32.1. The second-order valence-electron chi connectivity index (χ2n) is 15.4. The zero-order valence-corrected chi connectivity index (χ0v) is 31.8. The number of fused-ring (bicyclic) bond motifs is 13. The highest BCUT2D eigenvalue weighted by Gasteiger charge is 2.23. The maximum atomic E-state index is 5.45. The van der Waals surface area contributed by atoms with E-state index in [2.05, 4.69) is 214 Å². The Labute approximate surface area is 338 Å². The normalized spacial score (nSPS) is 12.1. The zero-order valence-electron chi connectivity index (χ0n) is 31.8. The third-order valence-corrected chi connectivity index (χ3v) is 12.2. The van der Waals surface area contributed by atoms with E-state index < -0.39 is 0 Å². The number of hydrogen-bond donors (Lipinski definition) is 0. The number of para-hydroxylation sites is 5. The predicted molar refractivity (Wildman–Crippen MR) is 245 cm³/mol. The van der Waals surface area contributed by atoms with Gasteiger partial charge in [0.1, 0.15) is 5.65 Å². The van der Waals surface area contributed by atoms with Crippen LogP contribution < -0.4 is 0 Å². The molecule has 59 heavy (non-hydrogen) atoms. The minimum absolute atomic E-state index is 0.820. The quantitative estimate of drug-likeness (QED) is 0.180. The molecule has 0 atom stereocenters. The fourth-order valence-electron chi connectivity index (χ4n) is 9.60.